The standard InChI is InChI=1S/C12H9BrFN3O2S2/c13-7-3-4-8(11(15)20)10(6-7)17-21(18,19)12-9(14)2-1-5-16-12/h1-6,17H,(H2,15,20). The number of rotatable bonds is 4. The fourth-order valence-electron chi connectivity index (χ4n) is 1.58. The maximum Gasteiger partial charge on any atom is 0.282 e. The SMILES string of the molecule is NC(=S)c1ccc(Br)cc1NS(=O)(=O)c1ncccc1F. The fraction of sp³-hybridized carbons (Fsp3) is 0. The van der Waals surface area contributed by atoms with E-state index < -0.39 is 20.9 Å². The molecule has 0 amide bonds. The Balaban J connectivity index is 2.49. The van der Waals surface area contributed by atoms with Gasteiger partial charge in [0, 0.05) is 16.2 Å². The summed E-state index contributed by atoms with van der Waals surface area (Å²) in [4.78, 5) is 3.56. The molecule has 0 unspecified atom stereocenters. The van der Waals surface area contributed by atoms with E-state index in [1.165, 1.54) is 18.3 Å². The van der Waals surface area contributed by atoms with Gasteiger partial charge < -0.3 is 5.73 Å². The second-order valence-electron chi connectivity index (χ2n) is 3.95. The molecule has 0 fully saturated rings. The molecule has 21 heavy (non-hydrogen) atoms. The lowest BCUT2D eigenvalue weighted by molar-refractivity contribution is 0.557. The summed E-state index contributed by atoms with van der Waals surface area (Å²) < 4.78 is 40.8. The van der Waals surface area contributed by atoms with Crippen molar-refractivity contribution in [1.29, 1.82) is 0 Å². The van der Waals surface area contributed by atoms with E-state index in [2.05, 4.69) is 25.6 Å². The van der Waals surface area contributed by atoms with E-state index in [-0.39, 0.29) is 10.7 Å². The maximum atomic E-state index is 13.6. The first-order valence-electron chi connectivity index (χ1n) is 5.54. The molecule has 1 aromatic heterocycles. The van der Waals surface area contributed by atoms with Gasteiger partial charge in [0.1, 0.15) is 4.99 Å². The van der Waals surface area contributed by atoms with Crippen LogP contribution in [0.25, 0.3) is 0 Å². The number of pyridine rings is 1. The lowest BCUT2D eigenvalue weighted by Crippen LogP contribution is -2.19. The number of hydrogen-bond donors (Lipinski definition) is 2. The second-order valence-corrected chi connectivity index (χ2v) is 6.90. The normalized spacial score (nSPS) is 11.1. The van der Waals surface area contributed by atoms with Gasteiger partial charge in [0.15, 0.2) is 5.82 Å². The van der Waals surface area contributed by atoms with Crippen molar-refractivity contribution >= 4 is 48.8 Å². The van der Waals surface area contributed by atoms with Crippen molar-refractivity contribution in [2.75, 3.05) is 4.72 Å². The molecule has 5 nitrogen and oxygen atoms in total. The first-order valence-corrected chi connectivity index (χ1v) is 8.22. The Bertz CT molecular complexity index is 812. The lowest BCUT2D eigenvalue weighted by atomic mass is 10.2. The van der Waals surface area contributed by atoms with E-state index in [1.54, 1.807) is 12.1 Å². The molecule has 1 aromatic carbocycles. The number of sulfonamides is 1. The van der Waals surface area contributed by atoms with Gasteiger partial charge >= 0.3 is 0 Å². The van der Waals surface area contributed by atoms with Crippen molar-refractivity contribution in [3.8, 4) is 0 Å². The molecule has 9 heteroatoms. The van der Waals surface area contributed by atoms with Crippen molar-refractivity contribution in [3.63, 3.8) is 0 Å². The summed E-state index contributed by atoms with van der Waals surface area (Å²) in [5.74, 6) is -0.947. The molecule has 0 aliphatic rings. The first-order chi connectivity index (χ1) is 9.81. The predicted molar refractivity (Wildman–Crippen MR) is 85.0 cm³/mol. The van der Waals surface area contributed by atoms with Crippen LogP contribution in [0.2, 0.25) is 0 Å². The molecule has 0 saturated carbocycles. The molecule has 2 aromatic rings. The van der Waals surface area contributed by atoms with Crippen molar-refractivity contribution in [3.05, 3.63) is 52.4 Å². The Morgan fingerprint density at radius 1 is 1.38 bits per heavy atom. The third-order valence-corrected chi connectivity index (χ3v) is 4.48. The van der Waals surface area contributed by atoms with Gasteiger partial charge in [-0.25, -0.2) is 9.37 Å². The smallest absolute Gasteiger partial charge is 0.282 e. The number of nitrogens with zero attached hydrogens (tertiary/aromatic N) is 1. The molecule has 0 atom stereocenters. The number of halogens is 2. The van der Waals surface area contributed by atoms with Crippen LogP contribution in [0.4, 0.5) is 10.1 Å². The summed E-state index contributed by atoms with van der Waals surface area (Å²) in [5, 5.41) is -0.695. The van der Waals surface area contributed by atoms with Crippen LogP contribution in [0, 0.1) is 5.82 Å². The highest BCUT2D eigenvalue weighted by Crippen LogP contribution is 2.24. The molecule has 3 N–H and O–H groups in total. The van der Waals surface area contributed by atoms with Gasteiger partial charge in [-0.15, -0.1) is 0 Å². The van der Waals surface area contributed by atoms with E-state index in [0.29, 0.717) is 10.0 Å². The maximum absolute atomic E-state index is 13.6. The molecule has 110 valence electrons. The quantitative estimate of drug-likeness (QED) is 0.784. The van der Waals surface area contributed by atoms with E-state index in [0.717, 1.165) is 6.07 Å². The Kier molecular flexibility index (Phi) is 4.55. The van der Waals surface area contributed by atoms with Crippen molar-refractivity contribution in [2.45, 2.75) is 5.03 Å². The topological polar surface area (TPSA) is 85.1 Å². The van der Waals surface area contributed by atoms with Crippen LogP contribution in [0.1, 0.15) is 5.56 Å². The summed E-state index contributed by atoms with van der Waals surface area (Å²) in [5.41, 5.74) is 6.01. The molecule has 2 rings (SSSR count). The molecule has 0 aliphatic heterocycles. The molecule has 0 spiro atoms. The minimum atomic E-state index is -4.19. The zero-order valence-electron chi connectivity index (χ0n) is 10.4. The first kappa shape index (κ1) is 15.8. The molecule has 0 bridgehead atoms. The Hall–Kier alpha value is -1.58. The number of hydrogen-bond acceptors (Lipinski definition) is 4. The summed E-state index contributed by atoms with van der Waals surface area (Å²) in [6.45, 7) is 0. The largest absolute Gasteiger partial charge is 0.389 e. The third kappa shape index (κ3) is 3.55. The summed E-state index contributed by atoms with van der Waals surface area (Å²) in [6.07, 6.45) is 1.19. The number of anilines is 1. The van der Waals surface area contributed by atoms with Gasteiger partial charge in [-0.1, -0.05) is 28.1 Å². The minimum absolute atomic E-state index is 0.0155. The third-order valence-electron chi connectivity index (χ3n) is 2.47. The van der Waals surface area contributed by atoms with Crippen molar-refractivity contribution in [1.82, 2.24) is 4.98 Å². The van der Waals surface area contributed by atoms with Crippen LogP contribution < -0.4 is 10.5 Å². The van der Waals surface area contributed by atoms with Gasteiger partial charge in [0.05, 0.1) is 5.69 Å². The molecule has 0 saturated heterocycles. The van der Waals surface area contributed by atoms with Gasteiger partial charge in [0.25, 0.3) is 10.0 Å². The summed E-state index contributed by atoms with van der Waals surface area (Å²) >= 11 is 8.08. The van der Waals surface area contributed by atoms with E-state index in [9.17, 15) is 12.8 Å². The number of nitrogens with two attached hydrogens (primary N) is 1. The highest BCUT2D eigenvalue weighted by molar-refractivity contribution is 9.10. The number of benzene rings is 1. The van der Waals surface area contributed by atoms with Crippen LogP contribution in [0.15, 0.2) is 46.0 Å². The monoisotopic (exact) mass is 389 g/mol. The predicted octanol–water partition coefficient (Wildman–Crippen LogP) is 2.42. The Morgan fingerprint density at radius 2 is 2.10 bits per heavy atom. The van der Waals surface area contributed by atoms with Gasteiger partial charge in [-0.05, 0) is 30.3 Å². The zero-order chi connectivity index (χ0) is 15.6. The summed E-state index contributed by atoms with van der Waals surface area (Å²) in [7, 11) is -4.19. The molecule has 1 heterocycles. The molecular formula is C12H9BrFN3O2S2. The molecule has 0 radical (unpaired) electrons. The average molecular weight is 390 g/mol. The van der Waals surface area contributed by atoms with Crippen LogP contribution in [-0.4, -0.2) is 18.4 Å². The van der Waals surface area contributed by atoms with E-state index in [1.807, 2.05) is 0 Å². The summed E-state index contributed by atoms with van der Waals surface area (Å²) in [6, 6.07) is 7.00. The zero-order valence-corrected chi connectivity index (χ0v) is 13.6. The van der Waals surface area contributed by atoms with Crippen molar-refractivity contribution < 1.29 is 12.8 Å². The average Bonchev–Trinajstić information content (AvgIpc) is 2.38. The van der Waals surface area contributed by atoms with Gasteiger partial charge in [0.2, 0.25) is 5.03 Å². The van der Waals surface area contributed by atoms with Crippen LogP contribution in [0.5, 0.6) is 0 Å². The van der Waals surface area contributed by atoms with Crippen LogP contribution in [-0.2, 0) is 10.0 Å². The minimum Gasteiger partial charge on any atom is -0.389 e. The number of nitrogens with one attached hydrogen (secondary N) is 1. The highest BCUT2D eigenvalue weighted by atomic mass is 79.9. The van der Waals surface area contributed by atoms with Gasteiger partial charge in [-0.3, -0.25) is 4.72 Å². The molecular weight excluding hydrogens is 381 g/mol. The fourth-order valence-corrected chi connectivity index (χ4v) is 3.20. The van der Waals surface area contributed by atoms with E-state index in [4.69, 9.17) is 18.0 Å². The van der Waals surface area contributed by atoms with Crippen LogP contribution >= 0.6 is 28.1 Å². The Labute approximate surface area is 134 Å². The Morgan fingerprint density at radius 3 is 2.71 bits per heavy atom. The molecule has 0 aliphatic carbocycles. The highest BCUT2D eigenvalue weighted by Gasteiger charge is 2.22. The lowest BCUT2D eigenvalue weighted by Gasteiger charge is -2.12. The second kappa shape index (κ2) is 6.04. The van der Waals surface area contributed by atoms with E-state index >= 15 is 0 Å². The van der Waals surface area contributed by atoms with Gasteiger partial charge in [-0.2, -0.15) is 8.42 Å². The van der Waals surface area contributed by atoms with Crippen molar-refractivity contribution in [2.24, 2.45) is 5.73 Å². The number of aromatic nitrogens is 1. The van der Waals surface area contributed by atoms with Crippen LogP contribution in [0.3, 0.4) is 0 Å². The number of thiocarbonyl (C=S) groups is 1.